The van der Waals surface area contributed by atoms with Crippen molar-refractivity contribution in [1.29, 1.82) is 0 Å². The molecule has 0 heteroatoms. The fourth-order valence-electron chi connectivity index (χ4n) is 9.24. The summed E-state index contributed by atoms with van der Waals surface area (Å²) in [5.41, 5.74) is 10.7. The molecule has 228 valence electrons. The molecule has 0 nitrogen and oxygen atoms in total. The maximum atomic E-state index is 2.49. The van der Waals surface area contributed by atoms with Crippen molar-refractivity contribution in [1.82, 2.24) is 0 Å². The van der Waals surface area contributed by atoms with Gasteiger partial charge < -0.3 is 0 Å². The summed E-state index contributed by atoms with van der Waals surface area (Å²) in [7, 11) is 0. The average Bonchev–Trinajstić information content (AvgIpc) is 3.55. The van der Waals surface area contributed by atoms with Gasteiger partial charge in [-0.1, -0.05) is 149 Å². The number of rotatable bonds is 2. The molecule has 8 aromatic rings. The van der Waals surface area contributed by atoms with Gasteiger partial charge in [0.2, 0.25) is 0 Å². The molecule has 2 aliphatic carbocycles. The Bertz CT molecular complexity index is 2570. The van der Waals surface area contributed by atoms with Gasteiger partial charge in [0.1, 0.15) is 0 Å². The van der Waals surface area contributed by atoms with Crippen molar-refractivity contribution in [3.63, 3.8) is 0 Å². The van der Waals surface area contributed by atoms with E-state index in [9.17, 15) is 0 Å². The summed E-state index contributed by atoms with van der Waals surface area (Å²) >= 11 is 0. The van der Waals surface area contributed by atoms with E-state index in [2.05, 4.69) is 173 Å². The van der Waals surface area contributed by atoms with E-state index in [4.69, 9.17) is 0 Å². The number of hydrogen-bond donors (Lipinski definition) is 0. The molecule has 0 saturated heterocycles. The molecule has 0 amide bonds. The summed E-state index contributed by atoms with van der Waals surface area (Å²) in [6, 6.07) is 50.3. The van der Waals surface area contributed by atoms with Gasteiger partial charge in [-0.3, -0.25) is 0 Å². The Hall–Kier alpha value is -5.46. The van der Waals surface area contributed by atoms with Crippen molar-refractivity contribution >= 4 is 77.2 Å². The highest BCUT2D eigenvalue weighted by atomic mass is 14.4. The van der Waals surface area contributed by atoms with Crippen LogP contribution in [0.4, 0.5) is 0 Å². The van der Waals surface area contributed by atoms with E-state index in [-0.39, 0.29) is 10.8 Å². The van der Waals surface area contributed by atoms with Gasteiger partial charge in [0.05, 0.1) is 0 Å². The third-order valence-electron chi connectivity index (χ3n) is 11.6. The Morgan fingerprint density at radius 3 is 1.10 bits per heavy atom. The number of benzene rings is 8. The van der Waals surface area contributed by atoms with E-state index in [1.807, 2.05) is 0 Å². The van der Waals surface area contributed by atoms with Crippen LogP contribution in [0, 0.1) is 0 Å². The standard InChI is InChI=1S/C48H36/c1-47(2)41-19-11-5-13-29(41)27-43(47)31-21-23-35-33-15-7-10-18-38(33)46-40-26-32(44-28-30-14-6-12-20-42(30)48(44,3)4)22-24-36(40)34-16-8-9-17-37(34)45(46)39(35)25-31/h5-28H,1-4H3. The molecule has 48 heavy (non-hydrogen) atoms. The van der Waals surface area contributed by atoms with Crippen molar-refractivity contribution in [3.05, 3.63) is 167 Å². The minimum atomic E-state index is -0.0695. The van der Waals surface area contributed by atoms with Crippen LogP contribution in [0.5, 0.6) is 0 Å². The van der Waals surface area contributed by atoms with Gasteiger partial charge in [-0.25, -0.2) is 0 Å². The van der Waals surface area contributed by atoms with Gasteiger partial charge in [0.25, 0.3) is 0 Å². The van der Waals surface area contributed by atoms with Gasteiger partial charge in [0, 0.05) is 10.8 Å². The van der Waals surface area contributed by atoms with Crippen LogP contribution >= 0.6 is 0 Å². The third kappa shape index (κ3) is 3.61. The molecule has 0 N–H and O–H groups in total. The molecule has 0 atom stereocenters. The van der Waals surface area contributed by atoms with E-state index in [0.717, 1.165) is 0 Å². The quantitative estimate of drug-likeness (QED) is 0.170. The molecular weight excluding hydrogens is 577 g/mol. The van der Waals surface area contributed by atoms with E-state index in [0.29, 0.717) is 0 Å². The Kier molecular flexibility index (Phi) is 5.50. The monoisotopic (exact) mass is 612 g/mol. The van der Waals surface area contributed by atoms with Crippen LogP contribution in [0.1, 0.15) is 61.1 Å². The minimum absolute atomic E-state index is 0.0695. The summed E-state index contributed by atoms with van der Waals surface area (Å²) in [4.78, 5) is 0. The second-order valence-electron chi connectivity index (χ2n) is 14.9. The van der Waals surface area contributed by atoms with Gasteiger partial charge >= 0.3 is 0 Å². The largest absolute Gasteiger partial charge is 0.0619 e. The van der Waals surface area contributed by atoms with Crippen molar-refractivity contribution in [2.75, 3.05) is 0 Å². The zero-order chi connectivity index (χ0) is 32.4. The lowest BCUT2D eigenvalue weighted by Gasteiger charge is -2.26. The summed E-state index contributed by atoms with van der Waals surface area (Å²) < 4.78 is 0. The minimum Gasteiger partial charge on any atom is -0.0619 e. The van der Waals surface area contributed by atoms with E-state index < -0.39 is 0 Å². The summed E-state index contributed by atoms with van der Waals surface area (Å²) in [5, 5.41) is 13.2. The summed E-state index contributed by atoms with van der Waals surface area (Å²) in [6.45, 7) is 9.48. The van der Waals surface area contributed by atoms with E-state index in [1.54, 1.807) is 0 Å². The van der Waals surface area contributed by atoms with Crippen LogP contribution < -0.4 is 0 Å². The maximum absolute atomic E-state index is 2.49. The highest BCUT2D eigenvalue weighted by Crippen LogP contribution is 2.51. The van der Waals surface area contributed by atoms with Crippen molar-refractivity contribution < 1.29 is 0 Å². The van der Waals surface area contributed by atoms with Gasteiger partial charge in [-0.2, -0.15) is 0 Å². The highest BCUT2D eigenvalue weighted by Gasteiger charge is 2.35. The molecule has 8 aromatic carbocycles. The second kappa shape index (κ2) is 9.55. The Morgan fingerprint density at radius 1 is 0.333 bits per heavy atom. The van der Waals surface area contributed by atoms with Crippen LogP contribution in [0.2, 0.25) is 0 Å². The Labute approximate surface area is 281 Å². The smallest absolute Gasteiger partial charge is 0.0158 e. The zero-order valence-electron chi connectivity index (χ0n) is 27.9. The molecule has 0 fully saturated rings. The average molecular weight is 613 g/mol. The van der Waals surface area contributed by atoms with Crippen LogP contribution in [0.15, 0.2) is 133 Å². The topological polar surface area (TPSA) is 0 Å². The van der Waals surface area contributed by atoms with Crippen LogP contribution in [0.25, 0.3) is 77.2 Å². The first kappa shape index (κ1) is 27.6. The molecule has 0 heterocycles. The lowest BCUT2D eigenvalue weighted by atomic mass is 9.77. The van der Waals surface area contributed by atoms with E-state index in [1.165, 1.54) is 98.4 Å². The molecule has 0 aromatic heterocycles. The highest BCUT2D eigenvalue weighted by molar-refractivity contribution is 6.39. The SMILES string of the molecule is CC1(C)C(c2ccc3c4ccccc4c4c5cc(C6=Cc7ccccc7C6(C)C)ccc5c5ccccc5c4c3c2)=Cc2ccccc21. The third-order valence-corrected chi connectivity index (χ3v) is 11.6. The first-order valence-corrected chi connectivity index (χ1v) is 17.2. The second-order valence-corrected chi connectivity index (χ2v) is 14.9. The Morgan fingerprint density at radius 2 is 0.688 bits per heavy atom. The fourth-order valence-corrected chi connectivity index (χ4v) is 9.24. The molecule has 0 unspecified atom stereocenters. The first-order chi connectivity index (χ1) is 23.3. The van der Waals surface area contributed by atoms with E-state index >= 15 is 0 Å². The molecule has 2 aliphatic rings. The van der Waals surface area contributed by atoms with Crippen molar-refractivity contribution in [3.8, 4) is 0 Å². The molecule has 0 spiro atoms. The molecule has 0 saturated carbocycles. The summed E-state index contributed by atoms with van der Waals surface area (Å²) in [6.07, 6.45) is 4.82. The van der Waals surface area contributed by atoms with Crippen LogP contribution in [0.3, 0.4) is 0 Å². The lowest BCUT2D eigenvalue weighted by molar-refractivity contribution is 0.704. The van der Waals surface area contributed by atoms with Gasteiger partial charge in [-0.15, -0.1) is 0 Å². The summed E-state index contributed by atoms with van der Waals surface area (Å²) in [5.74, 6) is 0. The molecule has 10 rings (SSSR count). The predicted molar refractivity (Wildman–Crippen MR) is 209 cm³/mol. The number of fused-ring (bicyclic) bond motifs is 13. The van der Waals surface area contributed by atoms with Crippen LogP contribution in [-0.4, -0.2) is 0 Å². The molecule has 0 bridgehead atoms. The van der Waals surface area contributed by atoms with Gasteiger partial charge in [0.15, 0.2) is 0 Å². The number of hydrogen-bond acceptors (Lipinski definition) is 0. The van der Waals surface area contributed by atoms with Crippen molar-refractivity contribution in [2.24, 2.45) is 0 Å². The fraction of sp³-hybridized carbons (Fsp3) is 0.125. The lowest BCUT2D eigenvalue weighted by Crippen LogP contribution is -2.16. The predicted octanol–water partition coefficient (Wildman–Crippen LogP) is 13.1. The molecule has 0 aliphatic heterocycles. The zero-order valence-corrected chi connectivity index (χ0v) is 27.9. The van der Waals surface area contributed by atoms with Gasteiger partial charge in [-0.05, 0) is 123 Å². The Balaban J connectivity index is 1.33. The molecule has 0 radical (unpaired) electrons. The maximum Gasteiger partial charge on any atom is 0.0158 e. The molecular formula is C48H36. The normalized spacial score (nSPS) is 16.1. The van der Waals surface area contributed by atoms with Crippen molar-refractivity contribution in [2.45, 2.75) is 38.5 Å². The number of allylic oxidation sites excluding steroid dienone is 2. The first-order valence-electron chi connectivity index (χ1n) is 17.2. The van der Waals surface area contributed by atoms with Crippen LogP contribution in [-0.2, 0) is 10.8 Å².